The van der Waals surface area contributed by atoms with E-state index in [-0.39, 0.29) is 17.4 Å². The van der Waals surface area contributed by atoms with Crippen LogP contribution in [0.4, 0.5) is 11.4 Å². The Labute approximate surface area is 179 Å². The van der Waals surface area contributed by atoms with Crippen molar-refractivity contribution < 1.29 is 14.3 Å². The second kappa shape index (κ2) is 9.35. The van der Waals surface area contributed by atoms with Gasteiger partial charge in [-0.2, -0.15) is 0 Å². The van der Waals surface area contributed by atoms with E-state index in [0.29, 0.717) is 6.61 Å². The summed E-state index contributed by atoms with van der Waals surface area (Å²) < 4.78 is 11.2. The highest BCUT2D eigenvalue weighted by molar-refractivity contribution is 6.02. The van der Waals surface area contributed by atoms with Crippen molar-refractivity contribution in [2.75, 3.05) is 37.0 Å². The summed E-state index contributed by atoms with van der Waals surface area (Å²) >= 11 is 0. The van der Waals surface area contributed by atoms with Gasteiger partial charge in [-0.25, -0.2) is 0 Å². The average molecular weight is 409 g/mol. The van der Waals surface area contributed by atoms with Crippen molar-refractivity contribution >= 4 is 23.4 Å². The van der Waals surface area contributed by atoms with E-state index in [4.69, 9.17) is 9.47 Å². The van der Waals surface area contributed by atoms with Crippen LogP contribution in [0, 0.1) is 0 Å². The SMILES string of the molecule is CCN1CC(COC)Oc2ccc(NC(=O)/C=C/c3ccc(C(C)(C)C)cc3)cc21. The molecule has 1 unspecified atom stereocenters. The molecule has 30 heavy (non-hydrogen) atoms. The van der Waals surface area contributed by atoms with E-state index in [1.165, 1.54) is 5.56 Å². The van der Waals surface area contributed by atoms with Crippen molar-refractivity contribution in [1.82, 2.24) is 0 Å². The normalized spacial score (nSPS) is 16.3. The number of fused-ring (bicyclic) bond motifs is 1. The molecule has 0 aliphatic carbocycles. The van der Waals surface area contributed by atoms with Gasteiger partial charge in [0.15, 0.2) is 0 Å². The number of nitrogens with zero attached hydrogens (tertiary/aromatic N) is 1. The van der Waals surface area contributed by atoms with Gasteiger partial charge < -0.3 is 19.7 Å². The lowest BCUT2D eigenvalue weighted by Crippen LogP contribution is -2.42. The molecule has 3 rings (SSSR count). The number of carbonyl (C=O) groups excluding carboxylic acids is 1. The van der Waals surface area contributed by atoms with Gasteiger partial charge in [0.25, 0.3) is 0 Å². The van der Waals surface area contributed by atoms with Crippen LogP contribution in [-0.2, 0) is 14.9 Å². The zero-order valence-electron chi connectivity index (χ0n) is 18.6. The minimum absolute atomic E-state index is 0.00972. The molecule has 1 amide bonds. The van der Waals surface area contributed by atoms with Crippen LogP contribution in [0.25, 0.3) is 6.08 Å². The van der Waals surface area contributed by atoms with Gasteiger partial charge in [0, 0.05) is 25.4 Å². The van der Waals surface area contributed by atoms with Crippen LogP contribution in [-0.4, -0.2) is 38.8 Å². The quantitative estimate of drug-likeness (QED) is 0.693. The zero-order valence-corrected chi connectivity index (χ0v) is 18.6. The monoisotopic (exact) mass is 408 g/mol. The molecular weight excluding hydrogens is 376 g/mol. The second-order valence-corrected chi connectivity index (χ2v) is 8.61. The van der Waals surface area contributed by atoms with Crippen LogP contribution >= 0.6 is 0 Å². The van der Waals surface area contributed by atoms with Crippen molar-refractivity contribution in [3.63, 3.8) is 0 Å². The van der Waals surface area contributed by atoms with E-state index < -0.39 is 0 Å². The third-order valence-corrected chi connectivity index (χ3v) is 5.22. The number of methoxy groups -OCH3 is 1. The molecule has 2 aromatic carbocycles. The van der Waals surface area contributed by atoms with Gasteiger partial charge in [0.1, 0.15) is 11.9 Å². The first-order valence-corrected chi connectivity index (χ1v) is 10.4. The molecule has 5 heteroatoms. The Kier molecular flexibility index (Phi) is 6.83. The molecule has 0 saturated carbocycles. The maximum atomic E-state index is 12.4. The predicted molar refractivity (Wildman–Crippen MR) is 123 cm³/mol. The molecule has 0 aromatic heterocycles. The van der Waals surface area contributed by atoms with Crippen molar-refractivity contribution in [2.45, 2.75) is 39.2 Å². The molecule has 0 fully saturated rings. The van der Waals surface area contributed by atoms with E-state index >= 15 is 0 Å². The summed E-state index contributed by atoms with van der Waals surface area (Å²) in [5, 5.41) is 2.95. The Morgan fingerprint density at radius 1 is 1.23 bits per heavy atom. The summed E-state index contributed by atoms with van der Waals surface area (Å²) in [6.07, 6.45) is 3.40. The number of carbonyl (C=O) groups is 1. The van der Waals surface area contributed by atoms with Crippen LogP contribution < -0.4 is 15.0 Å². The lowest BCUT2D eigenvalue weighted by Gasteiger charge is -2.35. The molecule has 0 saturated heterocycles. The molecule has 1 N–H and O–H groups in total. The van der Waals surface area contributed by atoms with Crippen LogP contribution in [0.5, 0.6) is 5.75 Å². The van der Waals surface area contributed by atoms with Gasteiger partial charge in [0.05, 0.1) is 18.8 Å². The number of nitrogens with one attached hydrogen (secondary N) is 1. The molecule has 1 heterocycles. The lowest BCUT2D eigenvalue weighted by atomic mass is 9.87. The highest BCUT2D eigenvalue weighted by atomic mass is 16.5. The van der Waals surface area contributed by atoms with Crippen LogP contribution in [0.2, 0.25) is 0 Å². The van der Waals surface area contributed by atoms with Gasteiger partial charge in [-0.05, 0) is 47.7 Å². The Morgan fingerprint density at radius 3 is 2.60 bits per heavy atom. The predicted octanol–water partition coefficient (Wildman–Crippen LogP) is 4.87. The standard InChI is InChI=1S/C25H32N2O3/c1-6-27-16-21(17-29-5)30-23-13-12-20(15-22(23)27)26-24(28)14-9-18-7-10-19(11-8-18)25(2,3)4/h7-15,21H,6,16-17H2,1-5H3,(H,26,28)/b14-9+. The lowest BCUT2D eigenvalue weighted by molar-refractivity contribution is -0.111. The molecule has 5 nitrogen and oxygen atoms in total. The summed E-state index contributed by atoms with van der Waals surface area (Å²) in [5.41, 5.74) is 4.13. The van der Waals surface area contributed by atoms with E-state index in [1.54, 1.807) is 13.2 Å². The number of benzene rings is 2. The first-order valence-electron chi connectivity index (χ1n) is 10.4. The largest absolute Gasteiger partial charge is 0.484 e. The fraction of sp³-hybridized carbons (Fsp3) is 0.400. The van der Waals surface area contributed by atoms with Crippen LogP contribution in [0.3, 0.4) is 0 Å². The van der Waals surface area contributed by atoms with E-state index in [1.807, 2.05) is 36.4 Å². The molecule has 0 bridgehead atoms. The number of ether oxygens (including phenoxy) is 2. The van der Waals surface area contributed by atoms with Gasteiger partial charge in [0.2, 0.25) is 5.91 Å². The molecule has 1 aliphatic rings. The third kappa shape index (κ3) is 5.42. The van der Waals surface area contributed by atoms with Gasteiger partial charge in [-0.15, -0.1) is 0 Å². The second-order valence-electron chi connectivity index (χ2n) is 8.61. The van der Waals surface area contributed by atoms with Crippen LogP contribution in [0.15, 0.2) is 48.5 Å². The molecular formula is C25H32N2O3. The number of rotatable bonds is 6. The van der Waals surface area contributed by atoms with Gasteiger partial charge in [-0.1, -0.05) is 45.0 Å². The van der Waals surface area contributed by atoms with Crippen molar-refractivity contribution in [3.8, 4) is 5.75 Å². The number of hydrogen-bond donors (Lipinski definition) is 1. The minimum atomic E-state index is -0.160. The summed E-state index contributed by atoms with van der Waals surface area (Å²) in [5.74, 6) is 0.657. The van der Waals surface area contributed by atoms with Crippen molar-refractivity contribution in [1.29, 1.82) is 0 Å². The maximum Gasteiger partial charge on any atom is 0.248 e. The van der Waals surface area contributed by atoms with E-state index in [2.05, 4.69) is 50.0 Å². The van der Waals surface area contributed by atoms with Gasteiger partial charge in [-0.3, -0.25) is 4.79 Å². The first kappa shape index (κ1) is 21.9. The smallest absolute Gasteiger partial charge is 0.248 e. The highest BCUT2D eigenvalue weighted by Gasteiger charge is 2.25. The van der Waals surface area contributed by atoms with Crippen LogP contribution in [0.1, 0.15) is 38.8 Å². The molecule has 0 radical (unpaired) electrons. The van der Waals surface area contributed by atoms with Gasteiger partial charge >= 0.3 is 0 Å². The average Bonchev–Trinajstić information content (AvgIpc) is 2.72. The molecule has 0 spiro atoms. The third-order valence-electron chi connectivity index (χ3n) is 5.22. The topological polar surface area (TPSA) is 50.8 Å². The summed E-state index contributed by atoms with van der Waals surface area (Å²) in [4.78, 5) is 14.6. The van der Waals surface area contributed by atoms with E-state index in [0.717, 1.165) is 35.8 Å². The summed E-state index contributed by atoms with van der Waals surface area (Å²) in [6.45, 7) is 10.8. The Balaban J connectivity index is 1.66. The molecule has 1 aliphatic heterocycles. The van der Waals surface area contributed by atoms with Crippen molar-refractivity contribution in [3.05, 3.63) is 59.7 Å². The maximum absolute atomic E-state index is 12.4. The number of likely N-dealkylation sites (N-methyl/N-ethyl adjacent to an activating group) is 1. The minimum Gasteiger partial charge on any atom is -0.484 e. The Morgan fingerprint density at radius 2 is 1.97 bits per heavy atom. The van der Waals surface area contributed by atoms with Crippen molar-refractivity contribution in [2.24, 2.45) is 0 Å². The highest BCUT2D eigenvalue weighted by Crippen LogP contribution is 2.35. The molecule has 1 atom stereocenters. The summed E-state index contributed by atoms with van der Waals surface area (Å²) in [6, 6.07) is 14.0. The molecule has 160 valence electrons. The number of hydrogen-bond acceptors (Lipinski definition) is 4. The fourth-order valence-electron chi connectivity index (χ4n) is 3.53. The Hall–Kier alpha value is -2.79. The van der Waals surface area contributed by atoms with E-state index in [9.17, 15) is 4.79 Å². The Bertz CT molecular complexity index is 898. The number of amides is 1. The molecule has 2 aromatic rings. The summed E-state index contributed by atoms with van der Waals surface area (Å²) in [7, 11) is 1.68. The zero-order chi connectivity index (χ0) is 21.7. The fourth-order valence-corrected chi connectivity index (χ4v) is 3.53. The number of anilines is 2. The first-order chi connectivity index (χ1) is 14.3.